The number of nitrogens with zero attached hydrogens (tertiary/aromatic N) is 1. The number of alkyl halides is 1. The first-order chi connectivity index (χ1) is 6.52. The third kappa shape index (κ3) is 2.25. The van der Waals surface area contributed by atoms with E-state index in [9.17, 15) is 12.8 Å². The van der Waals surface area contributed by atoms with Gasteiger partial charge in [0.05, 0.1) is 5.25 Å². The molecule has 3 nitrogen and oxygen atoms in total. The molecule has 1 saturated heterocycles. The van der Waals surface area contributed by atoms with Crippen LogP contribution in [0.5, 0.6) is 0 Å². The van der Waals surface area contributed by atoms with Gasteiger partial charge in [0, 0.05) is 13.1 Å². The standard InChI is InChI=1S/C9H18FNO2S/c1-3-9(4-2)14(12,13)11-6-5-8(10)7-11/h8-9H,3-7H2,1-2H3. The molecule has 0 bridgehead atoms. The van der Waals surface area contributed by atoms with E-state index in [1.165, 1.54) is 4.31 Å². The Kier molecular flexibility index (Phi) is 3.89. The van der Waals surface area contributed by atoms with Crippen molar-refractivity contribution in [2.45, 2.75) is 44.5 Å². The Morgan fingerprint density at radius 2 is 2.00 bits per heavy atom. The molecule has 0 amide bonds. The molecular formula is C9H18FNO2S. The molecule has 1 unspecified atom stereocenters. The van der Waals surface area contributed by atoms with Gasteiger partial charge < -0.3 is 0 Å². The van der Waals surface area contributed by atoms with Crippen molar-refractivity contribution in [1.29, 1.82) is 0 Å². The van der Waals surface area contributed by atoms with E-state index in [2.05, 4.69) is 0 Å². The monoisotopic (exact) mass is 223 g/mol. The molecule has 0 N–H and O–H groups in total. The maximum Gasteiger partial charge on any atom is 0.217 e. The van der Waals surface area contributed by atoms with Crippen LogP contribution in [0, 0.1) is 0 Å². The summed E-state index contributed by atoms with van der Waals surface area (Å²) in [5.41, 5.74) is 0. The molecule has 0 aliphatic carbocycles. The number of hydrogen-bond acceptors (Lipinski definition) is 2. The van der Waals surface area contributed by atoms with Gasteiger partial charge in [-0.3, -0.25) is 0 Å². The molecule has 1 atom stereocenters. The maximum atomic E-state index is 12.9. The van der Waals surface area contributed by atoms with Crippen LogP contribution in [0.2, 0.25) is 0 Å². The molecule has 1 rings (SSSR count). The van der Waals surface area contributed by atoms with Crippen LogP contribution in [-0.2, 0) is 10.0 Å². The van der Waals surface area contributed by atoms with Crippen LogP contribution in [0.1, 0.15) is 33.1 Å². The summed E-state index contributed by atoms with van der Waals surface area (Å²) >= 11 is 0. The van der Waals surface area contributed by atoms with Crippen LogP contribution in [-0.4, -0.2) is 37.2 Å². The van der Waals surface area contributed by atoms with Gasteiger partial charge in [0.15, 0.2) is 0 Å². The summed E-state index contributed by atoms with van der Waals surface area (Å²) in [7, 11) is -3.24. The zero-order valence-electron chi connectivity index (χ0n) is 8.74. The van der Waals surface area contributed by atoms with E-state index in [0.717, 1.165) is 0 Å². The molecule has 0 aromatic rings. The summed E-state index contributed by atoms with van der Waals surface area (Å²) in [6, 6.07) is 0. The first-order valence-electron chi connectivity index (χ1n) is 5.15. The highest BCUT2D eigenvalue weighted by molar-refractivity contribution is 7.89. The van der Waals surface area contributed by atoms with E-state index in [-0.39, 0.29) is 11.8 Å². The average Bonchev–Trinajstić information content (AvgIpc) is 2.54. The SMILES string of the molecule is CCC(CC)S(=O)(=O)N1CCC(F)C1. The summed E-state index contributed by atoms with van der Waals surface area (Å²) in [5, 5.41) is -0.340. The van der Waals surface area contributed by atoms with Crippen molar-refractivity contribution in [3.63, 3.8) is 0 Å². The van der Waals surface area contributed by atoms with Gasteiger partial charge in [0.1, 0.15) is 6.17 Å². The van der Waals surface area contributed by atoms with Crippen molar-refractivity contribution in [1.82, 2.24) is 4.31 Å². The first-order valence-corrected chi connectivity index (χ1v) is 6.65. The van der Waals surface area contributed by atoms with Crippen molar-refractivity contribution in [2.24, 2.45) is 0 Å². The van der Waals surface area contributed by atoms with Gasteiger partial charge in [-0.25, -0.2) is 12.8 Å². The Balaban J connectivity index is 2.74. The number of sulfonamides is 1. The van der Waals surface area contributed by atoms with Gasteiger partial charge in [0.25, 0.3) is 0 Å². The lowest BCUT2D eigenvalue weighted by Crippen LogP contribution is -2.37. The van der Waals surface area contributed by atoms with Crippen LogP contribution in [0.15, 0.2) is 0 Å². The van der Waals surface area contributed by atoms with Gasteiger partial charge >= 0.3 is 0 Å². The molecule has 84 valence electrons. The Morgan fingerprint density at radius 3 is 2.36 bits per heavy atom. The smallest absolute Gasteiger partial charge is 0.217 e. The van der Waals surface area contributed by atoms with Crippen molar-refractivity contribution >= 4 is 10.0 Å². The zero-order valence-corrected chi connectivity index (χ0v) is 9.56. The molecule has 14 heavy (non-hydrogen) atoms. The van der Waals surface area contributed by atoms with Crippen LogP contribution in [0.3, 0.4) is 0 Å². The molecule has 1 aliphatic rings. The number of halogens is 1. The molecular weight excluding hydrogens is 205 g/mol. The minimum absolute atomic E-state index is 0.0544. The Labute approximate surface area is 85.3 Å². The van der Waals surface area contributed by atoms with Crippen molar-refractivity contribution in [3.8, 4) is 0 Å². The Bertz CT molecular complexity index is 275. The fraction of sp³-hybridized carbons (Fsp3) is 1.00. The van der Waals surface area contributed by atoms with Crippen LogP contribution in [0.4, 0.5) is 4.39 Å². The van der Waals surface area contributed by atoms with E-state index < -0.39 is 16.2 Å². The van der Waals surface area contributed by atoms with Gasteiger partial charge in [-0.15, -0.1) is 0 Å². The Hall–Kier alpha value is -0.160. The van der Waals surface area contributed by atoms with Crippen molar-refractivity contribution < 1.29 is 12.8 Å². The Morgan fingerprint density at radius 1 is 1.43 bits per heavy atom. The minimum atomic E-state index is -3.24. The third-order valence-corrected chi connectivity index (χ3v) is 5.35. The predicted molar refractivity (Wildman–Crippen MR) is 54.4 cm³/mol. The molecule has 1 fully saturated rings. The second kappa shape index (κ2) is 4.57. The second-order valence-corrected chi connectivity index (χ2v) is 5.94. The van der Waals surface area contributed by atoms with Gasteiger partial charge in [-0.05, 0) is 19.3 Å². The highest BCUT2D eigenvalue weighted by Gasteiger charge is 2.35. The second-order valence-electron chi connectivity index (χ2n) is 3.73. The molecule has 0 saturated carbocycles. The third-order valence-electron chi connectivity index (χ3n) is 2.79. The summed E-state index contributed by atoms with van der Waals surface area (Å²) in [6.45, 7) is 4.11. The highest BCUT2D eigenvalue weighted by atomic mass is 32.2. The molecule has 0 aromatic heterocycles. The van der Waals surface area contributed by atoms with E-state index in [1.54, 1.807) is 0 Å². The number of hydrogen-bond donors (Lipinski definition) is 0. The molecule has 0 radical (unpaired) electrons. The molecule has 0 aromatic carbocycles. The first kappa shape index (κ1) is 11.9. The van der Waals surface area contributed by atoms with Gasteiger partial charge in [-0.2, -0.15) is 4.31 Å². The largest absolute Gasteiger partial charge is 0.246 e. The highest BCUT2D eigenvalue weighted by Crippen LogP contribution is 2.22. The zero-order chi connectivity index (χ0) is 10.8. The molecule has 1 aliphatic heterocycles. The minimum Gasteiger partial charge on any atom is -0.246 e. The number of rotatable bonds is 4. The van der Waals surface area contributed by atoms with Gasteiger partial charge in [0.2, 0.25) is 10.0 Å². The van der Waals surface area contributed by atoms with Crippen LogP contribution >= 0.6 is 0 Å². The lowest BCUT2D eigenvalue weighted by molar-refractivity contribution is 0.341. The summed E-state index contributed by atoms with van der Waals surface area (Å²) in [6.07, 6.45) is 0.581. The average molecular weight is 223 g/mol. The fourth-order valence-electron chi connectivity index (χ4n) is 1.84. The predicted octanol–water partition coefficient (Wildman–Crippen LogP) is 1.55. The molecule has 1 heterocycles. The quantitative estimate of drug-likeness (QED) is 0.725. The topological polar surface area (TPSA) is 37.4 Å². The summed E-state index contributed by atoms with van der Waals surface area (Å²) in [4.78, 5) is 0. The molecule has 5 heteroatoms. The fourth-order valence-corrected chi connectivity index (χ4v) is 3.83. The molecule has 0 spiro atoms. The van der Waals surface area contributed by atoms with E-state index in [4.69, 9.17) is 0 Å². The normalized spacial score (nSPS) is 24.7. The van der Waals surface area contributed by atoms with Crippen molar-refractivity contribution in [2.75, 3.05) is 13.1 Å². The summed E-state index contributed by atoms with van der Waals surface area (Å²) < 4.78 is 38.0. The van der Waals surface area contributed by atoms with E-state index in [1.807, 2.05) is 13.8 Å². The van der Waals surface area contributed by atoms with E-state index >= 15 is 0 Å². The maximum absolute atomic E-state index is 12.9. The van der Waals surface area contributed by atoms with Gasteiger partial charge in [-0.1, -0.05) is 13.8 Å². The summed E-state index contributed by atoms with van der Waals surface area (Å²) in [5.74, 6) is 0. The van der Waals surface area contributed by atoms with Crippen molar-refractivity contribution in [3.05, 3.63) is 0 Å². The van der Waals surface area contributed by atoms with Crippen LogP contribution < -0.4 is 0 Å². The van der Waals surface area contributed by atoms with E-state index in [0.29, 0.717) is 25.8 Å². The lowest BCUT2D eigenvalue weighted by Gasteiger charge is -2.21. The van der Waals surface area contributed by atoms with Crippen LogP contribution in [0.25, 0.3) is 0 Å². The lowest BCUT2D eigenvalue weighted by atomic mass is 10.3.